The number of likely N-dealkylation sites (tertiary alicyclic amines) is 1. The van der Waals surface area contributed by atoms with Gasteiger partial charge in [-0.15, -0.1) is 0 Å². The number of aryl methyl sites for hydroxylation is 2. The quantitative estimate of drug-likeness (QED) is 0.641. The summed E-state index contributed by atoms with van der Waals surface area (Å²) in [5.41, 5.74) is 3.49. The van der Waals surface area contributed by atoms with Gasteiger partial charge < -0.3 is 19.5 Å². The normalized spacial score (nSPS) is 14.5. The predicted molar refractivity (Wildman–Crippen MR) is 117 cm³/mol. The zero-order valence-electron chi connectivity index (χ0n) is 18.0. The van der Waals surface area contributed by atoms with Gasteiger partial charge in [-0.25, -0.2) is 4.79 Å². The zero-order valence-corrected chi connectivity index (χ0v) is 18.0. The van der Waals surface area contributed by atoms with E-state index in [1.54, 1.807) is 0 Å². The van der Waals surface area contributed by atoms with E-state index >= 15 is 0 Å². The second kappa shape index (κ2) is 9.64. The first kappa shape index (κ1) is 20.9. The number of piperidine rings is 1. The van der Waals surface area contributed by atoms with E-state index in [4.69, 9.17) is 9.26 Å². The molecule has 1 saturated heterocycles. The van der Waals surface area contributed by atoms with Crippen molar-refractivity contribution >= 4 is 6.03 Å². The Morgan fingerprint density at radius 1 is 1.06 bits per heavy atom. The van der Waals surface area contributed by atoms with Gasteiger partial charge in [0, 0.05) is 25.6 Å². The van der Waals surface area contributed by atoms with Crippen molar-refractivity contribution < 1.29 is 14.1 Å². The largest absolute Gasteiger partial charge is 0.484 e. The average Bonchev–Trinajstić information content (AvgIpc) is 3.27. The Balaban J connectivity index is 1.22. The lowest BCUT2D eigenvalue weighted by Gasteiger charge is -2.30. The van der Waals surface area contributed by atoms with E-state index in [1.807, 2.05) is 48.2 Å². The number of nitrogens with zero attached hydrogens (tertiary/aromatic N) is 3. The molecule has 3 aromatic rings. The molecular formula is C24H28N4O3. The standard InChI is InChI=1S/C24H28N4O3/c1-17-3-7-19(8-4-17)15-25-24(29)28-13-11-20(12-14-28)23-26-22(31-27-23)16-30-21-9-5-18(2)6-10-21/h3-10,20H,11-16H2,1-2H3,(H,25,29). The third kappa shape index (κ3) is 5.63. The molecule has 162 valence electrons. The molecule has 2 aromatic carbocycles. The first-order valence-corrected chi connectivity index (χ1v) is 10.7. The predicted octanol–water partition coefficient (Wildman–Crippen LogP) is 4.35. The molecule has 7 heteroatoms. The van der Waals surface area contributed by atoms with Gasteiger partial charge in [0.1, 0.15) is 5.75 Å². The Morgan fingerprint density at radius 3 is 2.39 bits per heavy atom. The molecular weight excluding hydrogens is 392 g/mol. The van der Waals surface area contributed by atoms with E-state index < -0.39 is 0 Å². The number of benzene rings is 2. The molecule has 2 amide bonds. The fourth-order valence-electron chi connectivity index (χ4n) is 3.61. The molecule has 1 N–H and O–H groups in total. The number of hydrogen-bond acceptors (Lipinski definition) is 5. The Labute approximate surface area is 182 Å². The van der Waals surface area contributed by atoms with Crippen molar-refractivity contribution in [1.82, 2.24) is 20.4 Å². The van der Waals surface area contributed by atoms with Gasteiger partial charge >= 0.3 is 6.03 Å². The number of rotatable bonds is 6. The minimum absolute atomic E-state index is 0.0284. The highest BCUT2D eigenvalue weighted by Gasteiger charge is 2.27. The first-order valence-electron chi connectivity index (χ1n) is 10.7. The van der Waals surface area contributed by atoms with Crippen LogP contribution in [0, 0.1) is 13.8 Å². The second-order valence-corrected chi connectivity index (χ2v) is 8.05. The number of amides is 2. The van der Waals surface area contributed by atoms with E-state index in [0.29, 0.717) is 31.3 Å². The van der Waals surface area contributed by atoms with Gasteiger partial charge in [-0.1, -0.05) is 52.7 Å². The molecule has 0 unspecified atom stereocenters. The first-order chi connectivity index (χ1) is 15.1. The van der Waals surface area contributed by atoms with Crippen LogP contribution in [0.3, 0.4) is 0 Å². The van der Waals surface area contributed by atoms with Crippen molar-refractivity contribution in [2.75, 3.05) is 13.1 Å². The van der Waals surface area contributed by atoms with E-state index in [-0.39, 0.29) is 18.6 Å². The highest BCUT2D eigenvalue weighted by Crippen LogP contribution is 2.26. The maximum Gasteiger partial charge on any atom is 0.317 e. The van der Waals surface area contributed by atoms with Gasteiger partial charge in [-0.3, -0.25) is 0 Å². The number of nitrogens with one attached hydrogen (secondary N) is 1. The van der Waals surface area contributed by atoms with E-state index in [2.05, 4.69) is 34.5 Å². The zero-order chi connectivity index (χ0) is 21.6. The van der Waals surface area contributed by atoms with Crippen LogP contribution in [0.25, 0.3) is 0 Å². The van der Waals surface area contributed by atoms with Crippen molar-refractivity contribution in [3.63, 3.8) is 0 Å². The summed E-state index contributed by atoms with van der Waals surface area (Å²) in [6.07, 6.45) is 1.63. The summed E-state index contributed by atoms with van der Waals surface area (Å²) in [5, 5.41) is 7.14. The fourth-order valence-corrected chi connectivity index (χ4v) is 3.61. The summed E-state index contributed by atoms with van der Waals surface area (Å²) < 4.78 is 11.1. The number of ether oxygens (including phenoxy) is 1. The summed E-state index contributed by atoms with van der Waals surface area (Å²) in [4.78, 5) is 18.8. The van der Waals surface area contributed by atoms with Crippen molar-refractivity contribution in [3.8, 4) is 5.75 Å². The Hall–Kier alpha value is -3.35. The van der Waals surface area contributed by atoms with Crippen LogP contribution in [0.1, 0.15) is 47.2 Å². The van der Waals surface area contributed by atoms with E-state index in [0.717, 1.165) is 24.2 Å². The van der Waals surface area contributed by atoms with Crippen molar-refractivity contribution in [1.29, 1.82) is 0 Å². The van der Waals surface area contributed by atoms with Crippen LogP contribution in [-0.2, 0) is 13.2 Å². The molecule has 0 atom stereocenters. The topological polar surface area (TPSA) is 80.5 Å². The molecule has 1 aliphatic heterocycles. The maximum atomic E-state index is 12.5. The van der Waals surface area contributed by atoms with Gasteiger partial charge in [0.15, 0.2) is 12.4 Å². The van der Waals surface area contributed by atoms with Crippen LogP contribution < -0.4 is 10.1 Å². The molecule has 1 fully saturated rings. The number of urea groups is 1. The van der Waals surface area contributed by atoms with Gasteiger partial charge in [0.05, 0.1) is 0 Å². The van der Waals surface area contributed by atoms with Crippen LogP contribution in [0.4, 0.5) is 4.79 Å². The molecule has 1 aromatic heterocycles. The van der Waals surface area contributed by atoms with E-state index in [1.165, 1.54) is 11.1 Å². The molecule has 2 heterocycles. The molecule has 31 heavy (non-hydrogen) atoms. The van der Waals surface area contributed by atoms with Gasteiger partial charge in [0.25, 0.3) is 5.89 Å². The van der Waals surface area contributed by atoms with Crippen molar-refractivity contribution in [3.05, 3.63) is 76.9 Å². The molecule has 4 rings (SSSR count). The molecule has 7 nitrogen and oxygen atoms in total. The molecule has 0 aliphatic carbocycles. The van der Waals surface area contributed by atoms with Crippen molar-refractivity contribution in [2.24, 2.45) is 0 Å². The number of hydrogen-bond donors (Lipinski definition) is 1. The smallest absolute Gasteiger partial charge is 0.317 e. The summed E-state index contributed by atoms with van der Waals surface area (Å²) >= 11 is 0. The third-order valence-corrected chi connectivity index (χ3v) is 5.58. The SMILES string of the molecule is Cc1ccc(CNC(=O)N2CCC(c3noc(COc4ccc(C)cc4)n3)CC2)cc1. The van der Waals surface area contributed by atoms with Crippen LogP contribution >= 0.6 is 0 Å². The highest BCUT2D eigenvalue weighted by molar-refractivity contribution is 5.74. The number of carbonyl (C=O) groups excluding carboxylic acids is 1. The monoisotopic (exact) mass is 420 g/mol. The van der Waals surface area contributed by atoms with E-state index in [9.17, 15) is 4.79 Å². The minimum Gasteiger partial charge on any atom is -0.484 e. The average molecular weight is 421 g/mol. The molecule has 0 bridgehead atoms. The number of aromatic nitrogens is 2. The second-order valence-electron chi connectivity index (χ2n) is 8.05. The van der Waals surface area contributed by atoms with Gasteiger partial charge in [-0.2, -0.15) is 4.98 Å². The summed E-state index contributed by atoms with van der Waals surface area (Å²) in [5.74, 6) is 2.13. The molecule has 0 saturated carbocycles. The fraction of sp³-hybridized carbons (Fsp3) is 0.375. The van der Waals surface area contributed by atoms with Crippen molar-refractivity contribution in [2.45, 2.75) is 45.8 Å². The Morgan fingerprint density at radius 2 is 1.71 bits per heavy atom. The molecule has 0 radical (unpaired) electrons. The lowest BCUT2D eigenvalue weighted by atomic mass is 9.96. The summed E-state index contributed by atoms with van der Waals surface area (Å²) in [7, 11) is 0. The highest BCUT2D eigenvalue weighted by atomic mass is 16.5. The van der Waals surface area contributed by atoms with Crippen LogP contribution in [-0.4, -0.2) is 34.2 Å². The van der Waals surface area contributed by atoms with Crippen LogP contribution in [0.15, 0.2) is 53.1 Å². The van der Waals surface area contributed by atoms with Crippen LogP contribution in [0.5, 0.6) is 5.75 Å². The molecule has 1 aliphatic rings. The minimum atomic E-state index is -0.0284. The van der Waals surface area contributed by atoms with Gasteiger partial charge in [0.2, 0.25) is 0 Å². The Bertz CT molecular complexity index is 990. The maximum absolute atomic E-state index is 12.5. The molecule has 0 spiro atoms. The lowest BCUT2D eigenvalue weighted by molar-refractivity contribution is 0.179. The summed E-state index contributed by atoms with van der Waals surface area (Å²) in [6.45, 7) is 6.22. The summed E-state index contributed by atoms with van der Waals surface area (Å²) in [6, 6.07) is 16.0. The third-order valence-electron chi connectivity index (χ3n) is 5.58. The van der Waals surface area contributed by atoms with Crippen LogP contribution in [0.2, 0.25) is 0 Å². The van der Waals surface area contributed by atoms with Gasteiger partial charge in [-0.05, 0) is 44.4 Å². The lowest BCUT2D eigenvalue weighted by Crippen LogP contribution is -2.43. The Kier molecular flexibility index (Phi) is 6.50. The number of carbonyl (C=O) groups is 1.